The number of ether oxygens (including phenoxy) is 1. The molecule has 2 aromatic carbocycles. The number of hydrogen-bond donors (Lipinski definition) is 2. The third kappa shape index (κ3) is 4.85. The molecule has 9 nitrogen and oxygen atoms in total. The zero-order chi connectivity index (χ0) is 24.6. The fourth-order valence-corrected chi connectivity index (χ4v) is 4.00. The second kappa shape index (κ2) is 8.84. The van der Waals surface area contributed by atoms with Crippen LogP contribution in [-0.4, -0.2) is 47.3 Å². The second-order valence-electron chi connectivity index (χ2n) is 9.18. The molecule has 3 aromatic heterocycles. The lowest BCUT2D eigenvalue weighted by Crippen LogP contribution is -2.26. The fourth-order valence-electron chi connectivity index (χ4n) is 4.00. The van der Waals surface area contributed by atoms with E-state index >= 15 is 0 Å². The van der Waals surface area contributed by atoms with Crippen LogP contribution in [0, 0.1) is 0 Å². The highest BCUT2D eigenvalue weighted by atomic mass is 16.5. The van der Waals surface area contributed by atoms with E-state index in [-0.39, 0.29) is 0 Å². The first-order valence-corrected chi connectivity index (χ1v) is 11.2. The van der Waals surface area contributed by atoms with Crippen molar-refractivity contribution in [3.8, 4) is 28.3 Å². The van der Waals surface area contributed by atoms with E-state index in [1.807, 2.05) is 60.5 Å². The molecule has 0 spiro atoms. The Kier molecular flexibility index (Phi) is 5.70. The van der Waals surface area contributed by atoms with Gasteiger partial charge in [0.05, 0.1) is 31.1 Å². The van der Waals surface area contributed by atoms with Crippen molar-refractivity contribution in [2.75, 3.05) is 12.4 Å². The Morgan fingerprint density at radius 2 is 1.83 bits per heavy atom. The summed E-state index contributed by atoms with van der Waals surface area (Å²) in [4.78, 5) is 4.57. The van der Waals surface area contributed by atoms with Crippen molar-refractivity contribution in [3.63, 3.8) is 0 Å². The second-order valence-corrected chi connectivity index (χ2v) is 9.18. The number of aliphatic hydroxyl groups is 1. The van der Waals surface area contributed by atoms with Gasteiger partial charge in [0.1, 0.15) is 17.9 Å². The molecule has 0 aliphatic rings. The van der Waals surface area contributed by atoms with Crippen LogP contribution in [0.15, 0.2) is 67.4 Å². The number of aryl methyl sites for hydroxylation is 1. The molecule has 0 aliphatic heterocycles. The van der Waals surface area contributed by atoms with Gasteiger partial charge in [-0.2, -0.15) is 5.10 Å². The van der Waals surface area contributed by atoms with Crippen LogP contribution in [0.1, 0.15) is 13.8 Å². The minimum absolute atomic E-state index is 0.426. The predicted molar refractivity (Wildman–Crippen MR) is 136 cm³/mol. The summed E-state index contributed by atoms with van der Waals surface area (Å²) in [5, 5.41) is 28.0. The lowest BCUT2D eigenvalue weighted by atomic mass is 10.0. The van der Waals surface area contributed by atoms with Crippen molar-refractivity contribution in [3.05, 3.63) is 67.4 Å². The summed E-state index contributed by atoms with van der Waals surface area (Å²) in [6, 6.07) is 14.1. The number of hydrogen-bond acceptors (Lipinski definition) is 7. The van der Waals surface area contributed by atoms with E-state index in [1.54, 1.807) is 32.0 Å². The maximum absolute atomic E-state index is 10.1. The smallest absolute Gasteiger partial charge is 0.163 e. The number of anilines is 2. The van der Waals surface area contributed by atoms with Gasteiger partial charge in [-0.05, 0) is 55.1 Å². The van der Waals surface area contributed by atoms with Crippen molar-refractivity contribution in [1.82, 2.24) is 29.5 Å². The molecule has 0 amide bonds. The Morgan fingerprint density at radius 3 is 2.57 bits per heavy atom. The molecule has 0 unspecified atom stereocenters. The molecule has 35 heavy (non-hydrogen) atoms. The number of benzene rings is 2. The van der Waals surface area contributed by atoms with E-state index in [0.29, 0.717) is 18.1 Å². The van der Waals surface area contributed by atoms with Crippen molar-refractivity contribution in [1.29, 1.82) is 0 Å². The Hall–Kier alpha value is -4.24. The largest absolute Gasteiger partial charge is 0.495 e. The van der Waals surface area contributed by atoms with Gasteiger partial charge in [0.2, 0.25) is 0 Å². The number of aromatic nitrogens is 6. The number of nitrogens with zero attached hydrogens (tertiary/aromatic N) is 6. The van der Waals surface area contributed by atoms with Crippen LogP contribution in [0.2, 0.25) is 0 Å². The van der Waals surface area contributed by atoms with E-state index < -0.39 is 5.60 Å². The van der Waals surface area contributed by atoms with E-state index in [9.17, 15) is 5.11 Å². The standard InChI is InChI=1S/C26H27N7O2/c1-26(2,34)15-33-14-21(13-29-33)17-5-6-19-12-27-24(11-20(19)9-17)30-22-8-7-18(10-23(22)35-4)25-31-28-16-32(25)3/h5-14,16,34H,15H2,1-4H3,(H,27,30). The summed E-state index contributed by atoms with van der Waals surface area (Å²) < 4.78 is 9.24. The first kappa shape index (κ1) is 22.5. The third-order valence-corrected chi connectivity index (χ3v) is 5.67. The Bertz CT molecular complexity index is 1500. The summed E-state index contributed by atoms with van der Waals surface area (Å²) in [7, 11) is 3.54. The predicted octanol–water partition coefficient (Wildman–Crippen LogP) is 4.42. The van der Waals surface area contributed by atoms with Crippen LogP contribution in [0.4, 0.5) is 11.5 Å². The van der Waals surface area contributed by atoms with Crippen molar-refractivity contribution < 1.29 is 9.84 Å². The van der Waals surface area contributed by atoms with Gasteiger partial charge in [-0.25, -0.2) is 4.98 Å². The minimum Gasteiger partial charge on any atom is -0.495 e. The molecule has 5 rings (SSSR count). The summed E-state index contributed by atoms with van der Waals surface area (Å²) in [5.41, 5.74) is 2.92. The summed E-state index contributed by atoms with van der Waals surface area (Å²) >= 11 is 0. The molecule has 3 heterocycles. The molecule has 0 atom stereocenters. The number of nitrogens with one attached hydrogen (secondary N) is 1. The molecule has 0 saturated heterocycles. The molecule has 2 N–H and O–H groups in total. The highest BCUT2D eigenvalue weighted by Gasteiger charge is 2.15. The van der Waals surface area contributed by atoms with Gasteiger partial charge in [-0.3, -0.25) is 4.68 Å². The molecular weight excluding hydrogens is 442 g/mol. The van der Waals surface area contributed by atoms with Crippen LogP contribution >= 0.6 is 0 Å². The van der Waals surface area contributed by atoms with Crippen LogP contribution < -0.4 is 10.1 Å². The van der Waals surface area contributed by atoms with E-state index in [1.165, 1.54) is 0 Å². The molecule has 0 aliphatic carbocycles. The molecule has 5 aromatic rings. The van der Waals surface area contributed by atoms with Gasteiger partial charge in [0, 0.05) is 36.0 Å². The zero-order valence-electron chi connectivity index (χ0n) is 20.1. The van der Waals surface area contributed by atoms with Crippen LogP contribution in [0.25, 0.3) is 33.3 Å². The quantitative estimate of drug-likeness (QED) is 0.364. The molecule has 0 radical (unpaired) electrons. The van der Waals surface area contributed by atoms with Gasteiger partial charge in [0.15, 0.2) is 5.82 Å². The van der Waals surface area contributed by atoms with Gasteiger partial charge >= 0.3 is 0 Å². The molecule has 0 fully saturated rings. The Morgan fingerprint density at radius 1 is 1.00 bits per heavy atom. The van der Waals surface area contributed by atoms with Crippen LogP contribution in [-0.2, 0) is 13.6 Å². The maximum atomic E-state index is 10.1. The molecule has 178 valence electrons. The van der Waals surface area contributed by atoms with E-state index in [0.717, 1.165) is 39.0 Å². The van der Waals surface area contributed by atoms with E-state index in [2.05, 4.69) is 37.7 Å². The van der Waals surface area contributed by atoms with E-state index in [4.69, 9.17) is 4.74 Å². The first-order chi connectivity index (χ1) is 16.8. The Labute approximate surface area is 203 Å². The van der Waals surface area contributed by atoms with Crippen molar-refractivity contribution >= 4 is 22.3 Å². The number of fused-ring (bicyclic) bond motifs is 1. The van der Waals surface area contributed by atoms with Gasteiger partial charge < -0.3 is 19.7 Å². The summed E-state index contributed by atoms with van der Waals surface area (Å²) in [6.07, 6.45) is 7.28. The number of methoxy groups -OCH3 is 1. The highest BCUT2D eigenvalue weighted by molar-refractivity contribution is 5.89. The minimum atomic E-state index is -0.827. The van der Waals surface area contributed by atoms with Crippen LogP contribution in [0.5, 0.6) is 5.75 Å². The maximum Gasteiger partial charge on any atom is 0.163 e. The van der Waals surface area contributed by atoms with Crippen LogP contribution in [0.3, 0.4) is 0 Å². The summed E-state index contributed by atoms with van der Waals surface area (Å²) in [6.45, 7) is 3.96. The lowest BCUT2D eigenvalue weighted by molar-refractivity contribution is 0.0577. The number of rotatable bonds is 7. The topological polar surface area (TPSA) is 103 Å². The normalized spacial score (nSPS) is 11.7. The SMILES string of the molecule is COc1cc(-c2nncn2C)ccc1Nc1cc2cc(-c3cnn(CC(C)(C)O)c3)ccc2cn1. The zero-order valence-corrected chi connectivity index (χ0v) is 20.1. The average molecular weight is 470 g/mol. The van der Waals surface area contributed by atoms with Gasteiger partial charge in [0.25, 0.3) is 0 Å². The van der Waals surface area contributed by atoms with Gasteiger partial charge in [-0.15, -0.1) is 10.2 Å². The first-order valence-electron chi connectivity index (χ1n) is 11.2. The Balaban J connectivity index is 1.42. The molecule has 0 saturated carbocycles. The number of pyridine rings is 1. The van der Waals surface area contributed by atoms with Gasteiger partial charge in [-0.1, -0.05) is 12.1 Å². The average Bonchev–Trinajstić information content (AvgIpc) is 3.46. The van der Waals surface area contributed by atoms with Crippen molar-refractivity contribution in [2.24, 2.45) is 7.05 Å². The third-order valence-electron chi connectivity index (χ3n) is 5.67. The fraction of sp³-hybridized carbons (Fsp3) is 0.231. The molecular formula is C26H27N7O2. The van der Waals surface area contributed by atoms with Crippen molar-refractivity contribution in [2.45, 2.75) is 26.0 Å². The monoisotopic (exact) mass is 469 g/mol. The lowest BCUT2D eigenvalue weighted by Gasteiger charge is -2.16. The summed E-state index contributed by atoms with van der Waals surface area (Å²) in [5.74, 6) is 2.15. The molecule has 0 bridgehead atoms. The highest BCUT2D eigenvalue weighted by Crippen LogP contribution is 2.33. The molecule has 9 heteroatoms.